The minimum atomic E-state index is -0.00777. The van der Waals surface area contributed by atoms with E-state index >= 15 is 0 Å². The molecule has 2 aromatic rings. The predicted octanol–water partition coefficient (Wildman–Crippen LogP) is 1.89. The third kappa shape index (κ3) is 2.89. The first kappa shape index (κ1) is 14.3. The van der Waals surface area contributed by atoms with Crippen LogP contribution in [-0.2, 0) is 24.7 Å². The van der Waals surface area contributed by atoms with Crippen molar-refractivity contribution in [2.75, 3.05) is 5.32 Å². The SMILES string of the molecule is CCc1cn[nH]c1NC(=O)CCc1c(C)nn(C)c1C. The Balaban J connectivity index is 1.96. The van der Waals surface area contributed by atoms with Gasteiger partial charge in [-0.2, -0.15) is 10.2 Å². The lowest BCUT2D eigenvalue weighted by Crippen LogP contribution is -2.14. The zero-order valence-electron chi connectivity index (χ0n) is 12.4. The van der Waals surface area contributed by atoms with Gasteiger partial charge >= 0.3 is 0 Å². The highest BCUT2D eigenvalue weighted by Gasteiger charge is 2.12. The van der Waals surface area contributed by atoms with Crippen LogP contribution in [0.2, 0.25) is 0 Å². The molecule has 0 saturated carbocycles. The minimum Gasteiger partial charge on any atom is -0.311 e. The molecule has 108 valence electrons. The Morgan fingerprint density at radius 3 is 2.80 bits per heavy atom. The molecule has 2 aromatic heterocycles. The molecular weight excluding hydrogens is 254 g/mol. The van der Waals surface area contributed by atoms with Crippen LogP contribution in [0.3, 0.4) is 0 Å². The first-order chi connectivity index (χ1) is 9.52. The Hall–Kier alpha value is -2.11. The van der Waals surface area contributed by atoms with Crippen molar-refractivity contribution in [1.82, 2.24) is 20.0 Å². The molecule has 2 N–H and O–H groups in total. The van der Waals surface area contributed by atoms with Crippen LogP contribution in [0.15, 0.2) is 6.20 Å². The summed E-state index contributed by atoms with van der Waals surface area (Å²) in [5.41, 5.74) is 4.29. The maximum Gasteiger partial charge on any atom is 0.225 e. The van der Waals surface area contributed by atoms with Crippen molar-refractivity contribution in [2.45, 2.75) is 40.0 Å². The normalized spacial score (nSPS) is 10.8. The lowest BCUT2D eigenvalue weighted by Gasteiger charge is -2.05. The van der Waals surface area contributed by atoms with Crippen LogP contribution in [0, 0.1) is 13.8 Å². The Labute approximate surface area is 118 Å². The molecule has 0 radical (unpaired) electrons. The van der Waals surface area contributed by atoms with Gasteiger partial charge in [0.15, 0.2) is 0 Å². The van der Waals surface area contributed by atoms with Crippen LogP contribution in [0.1, 0.15) is 35.9 Å². The number of H-pyrrole nitrogens is 1. The van der Waals surface area contributed by atoms with Gasteiger partial charge in [-0.25, -0.2) is 0 Å². The monoisotopic (exact) mass is 275 g/mol. The van der Waals surface area contributed by atoms with E-state index in [2.05, 4.69) is 20.6 Å². The molecule has 0 unspecified atom stereocenters. The largest absolute Gasteiger partial charge is 0.311 e. The quantitative estimate of drug-likeness (QED) is 0.875. The molecule has 2 heterocycles. The number of carbonyl (C=O) groups excluding carboxylic acids is 1. The average molecular weight is 275 g/mol. The van der Waals surface area contributed by atoms with Crippen molar-refractivity contribution in [3.05, 3.63) is 28.7 Å². The van der Waals surface area contributed by atoms with Crippen LogP contribution in [-0.4, -0.2) is 25.9 Å². The molecule has 0 aliphatic rings. The summed E-state index contributed by atoms with van der Waals surface area (Å²) >= 11 is 0. The lowest BCUT2D eigenvalue weighted by atomic mass is 10.1. The highest BCUT2D eigenvalue weighted by Crippen LogP contribution is 2.15. The summed E-state index contributed by atoms with van der Waals surface area (Å²) in [6.45, 7) is 6.03. The van der Waals surface area contributed by atoms with E-state index in [1.807, 2.05) is 32.5 Å². The number of anilines is 1. The topological polar surface area (TPSA) is 75.6 Å². The molecule has 1 amide bonds. The molecular formula is C14H21N5O. The van der Waals surface area contributed by atoms with Crippen molar-refractivity contribution < 1.29 is 4.79 Å². The van der Waals surface area contributed by atoms with E-state index in [9.17, 15) is 4.79 Å². The number of aryl methyl sites for hydroxylation is 3. The number of amides is 1. The molecule has 0 aromatic carbocycles. The van der Waals surface area contributed by atoms with Crippen LogP contribution in [0.4, 0.5) is 5.82 Å². The van der Waals surface area contributed by atoms with Gasteiger partial charge in [0, 0.05) is 24.7 Å². The molecule has 0 aliphatic carbocycles. The number of carbonyl (C=O) groups is 1. The number of hydrogen-bond acceptors (Lipinski definition) is 3. The van der Waals surface area contributed by atoms with E-state index in [1.54, 1.807) is 6.20 Å². The maximum atomic E-state index is 12.0. The Morgan fingerprint density at radius 2 is 2.20 bits per heavy atom. The highest BCUT2D eigenvalue weighted by molar-refractivity contribution is 5.90. The van der Waals surface area contributed by atoms with Gasteiger partial charge in [0.25, 0.3) is 0 Å². The Morgan fingerprint density at radius 1 is 1.45 bits per heavy atom. The smallest absolute Gasteiger partial charge is 0.225 e. The predicted molar refractivity (Wildman–Crippen MR) is 77.6 cm³/mol. The van der Waals surface area contributed by atoms with Crippen molar-refractivity contribution in [2.24, 2.45) is 7.05 Å². The van der Waals surface area contributed by atoms with Crippen molar-refractivity contribution in [3.63, 3.8) is 0 Å². The minimum absolute atomic E-state index is 0.00777. The molecule has 0 bridgehead atoms. The Bertz CT molecular complexity index is 611. The molecule has 6 nitrogen and oxygen atoms in total. The second kappa shape index (κ2) is 5.90. The van der Waals surface area contributed by atoms with Gasteiger partial charge in [-0.1, -0.05) is 6.92 Å². The summed E-state index contributed by atoms with van der Waals surface area (Å²) < 4.78 is 1.85. The molecule has 0 atom stereocenters. The summed E-state index contributed by atoms with van der Waals surface area (Å²) in [6, 6.07) is 0. The number of nitrogens with one attached hydrogen (secondary N) is 2. The van der Waals surface area contributed by atoms with Gasteiger partial charge in [-0.15, -0.1) is 0 Å². The fraction of sp³-hybridized carbons (Fsp3) is 0.500. The molecule has 0 fully saturated rings. The summed E-state index contributed by atoms with van der Waals surface area (Å²) in [4.78, 5) is 12.0. The summed E-state index contributed by atoms with van der Waals surface area (Å²) in [5, 5.41) is 14.0. The standard InChI is InChI=1S/C14H21N5O/c1-5-11-8-15-17-14(11)16-13(20)7-6-12-9(2)18-19(4)10(12)3/h8H,5-7H2,1-4H3,(H2,15,16,17,20). The molecule has 2 rings (SSSR count). The zero-order chi connectivity index (χ0) is 14.7. The van der Waals surface area contributed by atoms with Crippen molar-refractivity contribution >= 4 is 11.7 Å². The van der Waals surface area contributed by atoms with Crippen LogP contribution < -0.4 is 5.32 Å². The third-order valence-electron chi connectivity index (χ3n) is 3.62. The molecule has 6 heteroatoms. The summed E-state index contributed by atoms with van der Waals surface area (Å²) in [7, 11) is 1.92. The van der Waals surface area contributed by atoms with Crippen LogP contribution in [0.5, 0.6) is 0 Å². The van der Waals surface area contributed by atoms with Crippen LogP contribution in [0.25, 0.3) is 0 Å². The molecule has 0 saturated heterocycles. The van der Waals surface area contributed by atoms with Gasteiger partial charge in [0.1, 0.15) is 5.82 Å². The summed E-state index contributed by atoms with van der Waals surface area (Å²) in [6.07, 6.45) is 3.72. The number of rotatable bonds is 5. The van der Waals surface area contributed by atoms with E-state index < -0.39 is 0 Å². The van der Waals surface area contributed by atoms with Crippen molar-refractivity contribution in [3.8, 4) is 0 Å². The zero-order valence-corrected chi connectivity index (χ0v) is 12.4. The maximum absolute atomic E-state index is 12.0. The second-order valence-electron chi connectivity index (χ2n) is 4.94. The van der Waals surface area contributed by atoms with E-state index in [4.69, 9.17) is 0 Å². The molecule has 0 spiro atoms. The van der Waals surface area contributed by atoms with E-state index in [0.717, 1.165) is 28.9 Å². The number of aromatic amines is 1. The van der Waals surface area contributed by atoms with Gasteiger partial charge in [0.05, 0.1) is 11.9 Å². The van der Waals surface area contributed by atoms with Gasteiger partial charge in [0.2, 0.25) is 5.91 Å². The Kier molecular flexibility index (Phi) is 4.22. The van der Waals surface area contributed by atoms with Crippen LogP contribution >= 0.6 is 0 Å². The van der Waals surface area contributed by atoms with E-state index in [1.165, 1.54) is 0 Å². The fourth-order valence-electron chi connectivity index (χ4n) is 2.31. The van der Waals surface area contributed by atoms with Crippen molar-refractivity contribution in [1.29, 1.82) is 0 Å². The van der Waals surface area contributed by atoms with E-state index in [0.29, 0.717) is 18.7 Å². The lowest BCUT2D eigenvalue weighted by molar-refractivity contribution is -0.116. The summed E-state index contributed by atoms with van der Waals surface area (Å²) in [5.74, 6) is 0.698. The highest BCUT2D eigenvalue weighted by atomic mass is 16.1. The molecule has 0 aliphatic heterocycles. The third-order valence-corrected chi connectivity index (χ3v) is 3.62. The first-order valence-corrected chi connectivity index (χ1v) is 6.84. The van der Waals surface area contributed by atoms with Gasteiger partial charge in [-0.3, -0.25) is 14.6 Å². The van der Waals surface area contributed by atoms with Gasteiger partial charge < -0.3 is 5.32 Å². The second-order valence-corrected chi connectivity index (χ2v) is 4.94. The van der Waals surface area contributed by atoms with E-state index in [-0.39, 0.29) is 5.91 Å². The average Bonchev–Trinajstić information content (AvgIpc) is 2.94. The fourth-order valence-corrected chi connectivity index (χ4v) is 2.31. The number of hydrogen-bond donors (Lipinski definition) is 2. The number of aromatic nitrogens is 4. The van der Waals surface area contributed by atoms with Gasteiger partial charge in [-0.05, 0) is 32.3 Å². The molecule has 20 heavy (non-hydrogen) atoms. The first-order valence-electron chi connectivity index (χ1n) is 6.84. The number of nitrogens with zero attached hydrogens (tertiary/aromatic N) is 3.